The summed E-state index contributed by atoms with van der Waals surface area (Å²) in [5, 5.41) is 10.3. The van der Waals surface area contributed by atoms with E-state index < -0.39 is 26.9 Å². The largest absolute Gasteiger partial charge is 0.489 e. The Bertz CT molecular complexity index is 1500. The minimum atomic E-state index is -3.92. The molecule has 3 aromatic rings. The van der Waals surface area contributed by atoms with E-state index >= 15 is 0 Å². The van der Waals surface area contributed by atoms with E-state index in [1.165, 1.54) is 17.0 Å². The number of hydrogen-bond donors (Lipinski definition) is 2. The maximum atomic E-state index is 13.3. The first-order chi connectivity index (χ1) is 18.6. The van der Waals surface area contributed by atoms with Crippen LogP contribution in [0.5, 0.6) is 5.75 Å². The number of likely N-dealkylation sites (tertiary alicyclic amines) is 1. The Hall–Kier alpha value is -3.54. The van der Waals surface area contributed by atoms with Gasteiger partial charge in [0.25, 0.3) is 5.91 Å². The molecule has 1 aliphatic carbocycles. The molecule has 39 heavy (non-hydrogen) atoms. The summed E-state index contributed by atoms with van der Waals surface area (Å²) in [4.78, 5) is 31.3. The number of methoxy groups -OCH3 is 1. The first-order valence-corrected chi connectivity index (χ1v) is 14.4. The van der Waals surface area contributed by atoms with Crippen molar-refractivity contribution in [2.75, 3.05) is 26.0 Å². The molecule has 11 heteroatoms. The molecule has 2 aromatic carbocycles. The summed E-state index contributed by atoms with van der Waals surface area (Å²) in [6, 6.07) is 15.8. The van der Waals surface area contributed by atoms with Crippen LogP contribution in [0.2, 0.25) is 0 Å². The van der Waals surface area contributed by atoms with Gasteiger partial charge in [-0.2, -0.15) is 0 Å². The van der Waals surface area contributed by atoms with Crippen LogP contribution in [0.15, 0.2) is 59.5 Å². The van der Waals surface area contributed by atoms with Gasteiger partial charge in [0.1, 0.15) is 17.8 Å². The van der Waals surface area contributed by atoms with Crippen LogP contribution < -0.4 is 10.2 Å². The second kappa shape index (κ2) is 10.6. The molecule has 0 radical (unpaired) electrons. The number of rotatable bonds is 9. The lowest BCUT2D eigenvalue weighted by molar-refractivity contribution is -0.163. The third kappa shape index (κ3) is 5.34. The van der Waals surface area contributed by atoms with E-state index in [0.717, 1.165) is 22.2 Å². The molecular weight excluding hydrogens is 522 g/mol. The number of aromatic nitrogens is 1. The van der Waals surface area contributed by atoms with Crippen LogP contribution in [0.3, 0.4) is 0 Å². The Morgan fingerprint density at radius 1 is 1.13 bits per heavy atom. The van der Waals surface area contributed by atoms with Crippen molar-refractivity contribution in [2.24, 2.45) is 11.3 Å². The molecule has 2 aliphatic rings. The molecule has 2 heterocycles. The van der Waals surface area contributed by atoms with Crippen molar-refractivity contribution in [3.8, 4) is 5.75 Å². The van der Waals surface area contributed by atoms with Crippen LogP contribution in [-0.2, 0) is 30.8 Å². The summed E-state index contributed by atoms with van der Waals surface area (Å²) in [7, 11) is -2.32. The van der Waals surface area contributed by atoms with Crippen molar-refractivity contribution >= 4 is 32.6 Å². The lowest BCUT2D eigenvalue weighted by Crippen LogP contribution is -2.68. The summed E-state index contributed by atoms with van der Waals surface area (Å²) < 4.78 is 37.7. The Morgan fingerprint density at radius 2 is 1.82 bits per heavy atom. The maximum absolute atomic E-state index is 13.3. The van der Waals surface area contributed by atoms with Crippen molar-refractivity contribution in [1.29, 1.82) is 0 Å². The third-order valence-electron chi connectivity index (χ3n) is 7.63. The maximum Gasteiger partial charge on any atom is 0.254 e. The summed E-state index contributed by atoms with van der Waals surface area (Å²) >= 11 is 0. The van der Waals surface area contributed by atoms with E-state index in [1.54, 1.807) is 24.7 Å². The molecule has 2 amide bonds. The predicted octanol–water partition coefficient (Wildman–Crippen LogP) is 2.65. The van der Waals surface area contributed by atoms with Gasteiger partial charge in [-0.1, -0.05) is 18.2 Å². The number of aryl methyl sites for hydroxylation is 1. The standard InChI is InChI=1S/C28H31N3O7S/c1-18-11-20(24-5-3-4-6-25(24)29-18)14-38-21-7-9-23(10-8-21)39(35,36)17-28(27(33)30-34)15-31(16-28)26(32)19-12-22(13-19)37-2/h3-11,19,22,34H,12-17H2,1-2H3,(H,30,33). The normalized spacial score (nSPS) is 20.1. The van der Waals surface area contributed by atoms with E-state index in [1.807, 2.05) is 37.3 Å². The van der Waals surface area contributed by atoms with Crippen LogP contribution in [0.25, 0.3) is 10.9 Å². The van der Waals surface area contributed by atoms with E-state index in [4.69, 9.17) is 9.47 Å². The van der Waals surface area contributed by atoms with Crippen LogP contribution in [0.4, 0.5) is 0 Å². The highest BCUT2D eigenvalue weighted by Gasteiger charge is 2.55. The fourth-order valence-electron chi connectivity index (χ4n) is 5.34. The number of benzene rings is 2. The number of pyridine rings is 1. The number of hydrogen-bond acceptors (Lipinski definition) is 8. The second-order valence-corrected chi connectivity index (χ2v) is 12.4. The molecule has 1 aromatic heterocycles. The summed E-state index contributed by atoms with van der Waals surface area (Å²) in [5.41, 5.74) is 2.88. The van der Waals surface area contributed by atoms with E-state index in [2.05, 4.69) is 4.98 Å². The Labute approximate surface area is 226 Å². The van der Waals surface area contributed by atoms with Gasteiger partial charge in [-0.05, 0) is 56.2 Å². The van der Waals surface area contributed by atoms with Gasteiger partial charge < -0.3 is 14.4 Å². The molecule has 2 fully saturated rings. The highest BCUT2D eigenvalue weighted by atomic mass is 32.2. The van der Waals surface area contributed by atoms with Gasteiger partial charge in [-0.3, -0.25) is 19.8 Å². The minimum Gasteiger partial charge on any atom is -0.489 e. The van der Waals surface area contributed by atoms with Crippen molar-refractivity contribution in [3.05, 3.63) is 65.9 Å². The number of fused-ring (bicyclic) bond motifs is 1. The third-order valence-corrected chi connectivity index (χ3v) is 9.56. The van der Waals surface area contributed by atoms with Crippen LogP contribution >= 0.6 is 0 Å². The molecule has 0 unspecified atom stereocenters. The average Bonchev–Trinajstić information content (AvgIpc) is 2.88. The zero-order chi connectivity index (χ0) is 27.8. The highest BCUT2D eigenvalue weighted by molar-refractivity contribution is 7.91. The van der Waals surface area contributed by atoms with Crippen molar-refractivity contribution in [3.63, 3.8) is 0 Å². The molecule has 206 valence electrons. The first-order valence-electron chi connectivity index (χ1n) is 12.7. The molecule has 10 nitrogen and oxygen atoms in total. The molecule has 2 N–H and O–H groups in total. The summed E-state index contributed by atoms with van der Waals surface area (Å²) in [5.74, 6) is -1.18. The molecule has 0 spiro atoms. The molecule has 0 bridgehead atoms. The fourth-order valence-corrected chi connectivity index (χ4v) is 7.10. The van der Waals surface area contributed by atoms with Crippen LogP contribution in [0.1, 0.15) is 24.1 Å². The molecule has 1 saturated heterocycles. The molecule has 1 aliphatic heterocycles. The Balaban J connectivity index is 1.25. The lowest BCUT2D eigenvalue weighted by atomic mass is 9.76. The zero-order valence-electron chi connectivity index (χ0n) is 21.8. The number of sulfone groups is 1. The monoisotopic (exact) mass is 553 g/mol. The SMILES string of the molecule is COC1CC(C(=O)N2CC(CS(=O)(=O)c3ccc(OCc4cc(C)nc5ccccc45)cc3)(C(=O)NO)C2)C1. The summed E-state index contributed by atoms with van der Waals surface area (Å²) in [6.45, 7) is 2.05. The molecular formula is C28H31N3O7S. The number of para-hydroxylation sites is 1. The van der Waals surface area contributed by atoms with Crippen LogP contribution in [-0.4, -0.2) is 67.4 Å². The van der Waals surface area contributed by atoms with Gasteiger partial charge in [0.2, 0.25) is 5.91 Å². The fraction of sp³-hybridized carbons (Fsp3) is 0.393. The average molecular weight is 554 g/mol. The van der Waals surface area contributed by atoms with E-state index in [9.17, 15) is 23.2 Å². The highest BCUT2D eigenvalue weighted by Crippen LogP contribution is 2.39. The lowest BCUT2D eigenvalue weighted by Gasteiger charge is -2.50. The van der Waals surface area contributed by atoms with Crippen molar-refractivity contribution in [2.45, 2.75) is 37.4 Å². The van der Waals surface area contributed by atoms with Gasteiger partial charge in [0, 0.05) is 42.8 Å². The van der Waals surface area contributed by atoms with Crippen LogP contribution in [0, 0.1) is 18.3 Å². The molecule has 5 rings (SSSR count). The van der Waals surface area contributed by atoms with E-state index in [0.29, 0.717) is 18.6 Å². The van der Waals surface area contributed by atoms with Crippen molar-refractivity contribution < 1.29 is 32.7 Å². The van der Waals surface area contributed by atoms with Gasteiger partial charge in [-0.15, -0.1) is 0 Å². The number of nitrogens with one attached hydrogen (secondary N) is 1. The van der Waals surface area contributed by atoms with Gasteiger partial charge in [0.15, 0.2) is 9.84 Å². The number of ether oxygens (including phenoxy) is 2. The predicted molar refractivity (Wildman–Crippen MR) is 142 cm³/mol. The first kappa shape index (κ1) is 27.0. The number of carbonyl (C=O) groups excluding carboxylic acids is 2. The molecule has 0 atom stereocenters. The second-order valence-electron chi connectivity index (χ2n) is 10.4. The number of hydroxylamine groups is 1. The van der Waals surface area contributed by atoms with Crippen molar-refractivity contribution in [1.82, 2.24) is 15.4 Å². The number of amides is 2. The van der Waals surface area contributed by atoms with Gasteiger partial charge in [-0.25, -0.2) is 13.9 Å². The van der Waals surface area contributed by atoms with Gasteiger partial charge >= 0.3 is 0 Å². The number of nitrogens with zero attached hydrogens (tertiary/aromatic N) is 2. The number of carbonyl (C=O) groups is 2. The molecule has 1 saturated carbocycles. The Morgan fingerprint density at radius 3 is 2.49 bits per heavy atom. The Kier molecular flexibility index (Phi) is 7.32. The van der Waals surface area contributed by atoms with Gasteiger partial charge in [0.05, 0.1) is 22.3 Å². The minimum absolute atomic E-state index is 0.0249. The topological polar surface area (TPSA) is 135 Å². The smallest absolute Gasteiger partial charge is 0.254 e. The summed E-state index contributed by atoms with van der Waals surface area (Å²) in [6.07, 6.45) is 1.26. The van der Waals surface area contributed by atoms with E-state index in [-0.39, 0.29) is 42.5 Å². The quantitative estimate of drug-likeness (QED) is 0.305. The zero-order valence-corrected chi connectivity index (χ0v) is 22.6.